The number of hydrogen-bond donors (Lipinski definition) is 2. The SMILES string of the molecule is CN1Cc2cccc(-c3ccc(NC(=O)c4cc(C(F)(F)F)nn4-c4cccc(C=NN)c4)cc3)c2S1(=O)=O. The van der Waals surface area contributed by atoms with E-state index in [0.29, 0.717) is 34.0 Å². The van der Waals surface area contributed by atoms with Crippen molar-refractivity contribution in [3.63, 3.8) is 0 Å². The van der Waals surface area contributed by atoms with E-state index in [4.69, 9.17) is 5.84 Å². The lowest BCUT2D eigenvalue weighted by Crippen LogP contribution is -2.18. The number of nitrogens with two attached hydrogens (primary N) is 1. The monoisotopic (exact) mass is 554 g/mol. The summed E-state index contributed by atoms with van der Waals surface area (Å²) in [5.41, 5.74) is 1.22. The summed E-state index contributed by atoms with van der Waals surface area (Å²) in [7, 11) is -2.12. The molecule has 1 aromatic heterocycles. The molecule has 0 atom stereocenters. The van der Waals surface area contributed by atoms with E-state index in [0.717, 1.165) is 4.68 Å². The Morgan fingerprint density at radius 1 is 1.08 bits per heavy atom. The molecule has 0 bridgehead atoms. The molecule has 2 heterocycles. The number of alkyl halides is 3. The molecule has 0 aliphatic carbocycles. The number of aromatic nitrogens is 2. The van der Waals surface area contributed by atoms with Crippen molar-refractivity contribution in [2.24, 2.45) is 10.9 Å². The maximum absolute atomic E-state index is 13.5. The topological polar surface area (TPSA) is 123 Å². The molecule has 13 heteroatoms. The van der Waals surface area contributed by atoms with E-state index in [2.05, 4.69) is 15.5 Å². The Kier molecular flexibility index (Phi) is 6.48. The van der Waals surface area contributed by atoms with Crippen LogP contribution in [0.2, 0.25) is 0 Å². The number of amides is 1. The number of sulfonamides is 1. The molecule has 0 saturated heterocycles. The first kappa shape index (κ1) is 26.1. The Balaban J connectivity index is 1.46. The molecule has 200 valence electrons. The third-order valence-corrected chi connectivity index (χ3v) is 8.13. The number of nitrogens with one attached hydrogen (secondary N) is 1. The summed E-state index contributed by atoms with van der Waals surface area (Å²) in [6, 6.07) is 18.4. The van der Waals surface area contributed by atoms with Crippen LogP contribution in [0, 0.1) is 0 Å². The quantitative estimate of drug-likeness (QED) is 0.217. The lowest BCUT2D eigenvalue weighted by atomic mass is 10.0. The van der Waals surface area contributed by atoms with Crippen LogP contribution in [0.25, 0.3) is 16.8 Å². The van der Waals surface area contributed by atoms with E-state index in [9.17, 15) is 26.4 Å². The molecule has 0 spiro atoms. The normalized spacial score (nSPS) is 15.0. The van der Waals surface area contributed by atoms with Gasteiger partial charge >= 0.3 is 6.18 Å². The van der Waals surface area contributed by atoms with Crippen LogP contribution in [0.5, 0.6) is 0 Å². The number of carbonyl (C=O) groups excluding carboxylic acids is 1. The van der Waals surface area contributed by atoms with Gasteiger partial charge in [0.15, 0.2) is 5.69 Å². The van der Waals surface area contributed by atoms with Crippen LogP contribution in [-0.4, -0.2) is 41.7 Å². The molecule has 5 rings (SSSR count). The minimum Gasteiger partial charge on any atom is -0.323 e. The molecule has 0 unspecified atom stereocenters. The lowest BCUT2D eigenvalue weighted by molar-refractivity contribution is -0.141. The van der Waals surface area contributed by atoms with Gasteiger partial charge in [-0.2, -0.15) is 27.7 Å². The summed E-state index contributed by atoms with van der Waals surface area (Å²) in [6.45, 7) is 0.273. The largest absolute Gasteiger partial charge is 0.435 e. The molecule has 1 aliphatic heterocycles. The molecule has 39 heavy (non-hydrogen) atoms. The molecular weight excluding hydrogens is 533 g/mol. The van der Waals surface area contributed by atoms with Crippen molar-refractivity contribution in [1.29, 1.82) is 0 Å². The molecule has 0 radical (unpaired) electrons. The first-order valence-electron chi connectivity index (χ1n) is 11.5. The number of hydrogen-bond acceptors (Lipinski definition) is 6. The first-order chi connectivity index (χ1) is 18.5. The summed E-state index contributed by atoms with van der Waals surface area (Å²) in [5.74, 6) is 4.34. The molecule has 0 fully saturated rings. The number of carbonyl (C=O) groups is 1. The van der Waals surface area contributed by atoms with Crippen molar-refractivity contribution >= 4 is 27.8 Å². The molecule has 3 N–H and O–H groups in total. The number of nitrogens with zero attached hydrogens (tertiary/aromatic N) is 4. The fourth-order valence-electron chi connectivity index (χ4n) is 4.35. The summed E-state index contributed by atoms with van der Waals surface area (Å²) < 4.78 is 68.2. The molecule has 0 saturated carbocycles. The van der Waals surface area contributed by atoms with Gasteiger partial charge in [0.1, 0.15) is 5.69 Å². The number of rotatable bonds is 5. The molecule has 1 amide bonds. The lowest BCUT2D eigenvalue weighted by Gasteiger charge is -2.11. The fraction of sp³-hybridized carbons (Fsp3) is 0.115. The Bertz CT molecular complexity index is 1710. The van der Waals surface area contributed by atoms with E-state index in [1.54, 1.807) is 54.6 Å². The van der Waals surface area contributed by atoms with Crippen LogP contribution in [-0.2, 0) is 22.7 Å². The van der Waals surface area contributed by atoms with Gasteiger partial charge in [0.2, 0.25) is 10.0 Å². The van der Waals surface area contributed by atoms with Crippen LogP contribution in [0.15, 0.2) is 82.8 Å². The highest BCUT2D eigenvalue weighted by Gasteiger charge is 2.36. The minimum absolute atomic E-state index is 0.201. The molecule has 3 aromatic carbocycles. The fourth-order valence-corrected chi connectivity index (χ4v) is 5.90. The Hall–Kier alpha value is -4.49. The standard InChI is InChI=1S/C26H21F3N6O3S/c1-34-15-18-5-3-7-21(24(18)39(34,37)38)17-8-10-19(11-9-17)32-25(36)22-13-23(26(27,28)29)33-35(22)20-6-2-4-16(12-20)14-31-30/h2-14H,15,30H2,1H3,(H,32,36). The van der Waals surface area contributed by atoms with Crippen LogP contribution in [0.4, 0.5) is 18.9 Å². The number of anilines is 1. The second-order valence-corrected chi connectivity index (χ2v) is 10.8. The van der Waals surface area contributed by atoms with Crippen molar-refractivity contribution in [3.8, 4) is 16.8 Å². The second-order valence-electron chi connectivity index (χ2n) is 8.78. The highest BCUT2D eigenvalue weighted by atomic mass is 32.2. The first-order valence-corrected chi connectivity index (χ1v) is 12.9. The molecule has 4 aromatic rings. The number of fused-ring (bicyclic) bond motifs is 1. The Morgan fingerprint density at radius 3 is 2.49 bits per heavy atom. The Morgan fingerprint density at radius 2 is 1.79 bits per heavy atom. The van der Waals surface area contributed by atoms with Crippen LogP contribution in [0.3, 0.4) is 0 Å². The predicted molar refractivity (Wildman–Crippen MR) is 139 cm³/mol. The van der Waals surface area contributed by atoms with E-state index >= 15 is 0 Å². The third kappa shape index (κ3) is 4.89. The van der Waals surface area contributed by atoms with Gasteiger partial charge in [-0.25, -0.2) is 13.1 Å². The van der Waals surface area contributed by atoms with Crippen molar-refractivity contribution in [2.75, 3.05) is 12.4 Å². The van der Waals surface area contributed by atoms with E-state index in [1.807, 2.05) is 0 Å². The van der Waals surface area contributed by atoms with E-state index < -0.39 is 27.8 Å². The van der Waals surface area contributed by atoms with Crippen molar-refractivity contribution in [2.45, 2.75) is 17.6 Å². The predicted octanol–water partition coefficient (Wildman–Crippen LogP) is 4.24. The summed E-state index contributed by atoms with van der Waals surface area (Å²) >= 11 is 0. The van der Waals surface area contributed by atoms with Gasteiger partial charge in [-0.05, 0) is 41.0 Å². The summed E-state index contributed by atoms with van der Waals surface area (Å²) in [4.78, 5) is 13.3. The van der Waals surface area contributed by atoms with Gasteiger partial charge in [-0.1, -0.05) is 42.5 Å². The van der Waals surface area contributed by atoms with Crippen molar-refractivity contribution in [1.82, 2.24) is 14.1 Å². The summed E-state index contributed by atoms with van der Waals surface area (Å²) in [6.07, 6.45) is -3.47. The average Bonchev–Trinajstić information content (AvgIpc) is 3.45. The van der Waals surface area contributed by atoms with Gasteiger partial charge in [-0.15, -0.1) is 0 Å². The highest BCUT2D eigenvalue weighted by molar-refractivity contribution is 7.89. The van der Waals surface area contributed by atoms with Gasteiger partial charge in [0.05, 0.1) is 16.8 Å². The third-order valence-electron chi connectivity index (χ3n) is 6.18. The maximum Gasteiger partial charge on any atom is 0.435 e. The molecular formula is C26H21F3N6O3S. The zero-order chi connectivity index (χ0) is 27.9. The van der Waals surface area contributed by atoms with Crippen LogP contribution in [0.1, 0.15) is 27.3 Å². The average molecular weight is 555 g/mol. The zero-order valence-corrected chi connectivity index (χ0v) is 21.2. The minimum atomic E-state index is -4.78. The maximum atomic E-state index is 13.5. The molecule has 1 aliphatic rings. The number of hydrazone groups is 1. The van der Waals surface area contributed by atoms with Gasteiger partial charge in [0.25, 0.3) is 5.91 Å². The zero-order valence-electron chi connectivity index (χ0n) is 20.3. The Labute approximate surface area is 221 Å². The van der Waals surface area contributed by atoms with Gasteiger partial charge in [-0.3, -0.25) is 4.79 Å². The second kappa shape index (κ2) is 9.67. The smallest absolute Gasteiger partial charge is 0.323 e. The molecule has 9 nitrogen and oxygen atoms in total. The van der Waals surface area contributed by atoms with Crippen molar-refractivity contribution < 1.29 is 26.4 Å². The van der Waals surface area contributed by atoms with Gasteiger partial charge < -0.3 is 11.2 Å². The summed E-state index contributed by atoms with van der Waals surface area (Å²) in [5, 5.41) is 9.61. The van der Waals surface area contributed by atoms with Crippen LogP contribution < -0.4 is 11.2 Å². The van der Waals surface area contributed by atoms with Crippen LogP contribution >= 0.6 is 0 Å². The highest BCUT2D eigenvalue weighted by Crippen LogP contribution is 2.37. The number of halogens is 3. The van der Waals surface area contributed by atoms with E-state index in [1.165, 1.54) is 29.7 Å². The van der Waals surface area contributed by atoms with Crippen molar-refractivity contribution in [3.05, 3.63) is 95.3 Å². The van der Waals surface area contributed by atoms with E-state index in [-0.39, 0.29) is 22.8 Å². The number of benzene rings is 3. The van der Waals surface area contributed by atoms with Gasteiger partial charge in [0, 0.05) is 30.9 Å².